The maximum Gasteiger partial charge on any atom is 0.140 e. The van der Waals surface area contributed by atoms with Crippen LogP contribution in [-0.4, -0.2) is 13.1 Å². The Balaban J connectivity index is 2.06. The number of hydrogen-bond acceptors (Lipinski definition) is 2. The normalized spacial score (nSPS) is 17.0. The molecule has 84 valence electrons. The molecule has 1 fully saturated rings. The van der Waals surface area contributed by atoms with Crippen LogP contribution in [0, 0.1) is 23.1 Å². The highest BCUT2D eigenvalue weighted by molar-refractivity contribution is 5.34. The summed E-state index contributed by atoms with van der Waals surface area (Å²) in [5.74, 6) is 0.245. The number of nitrogens with one attached hydrogen (secondary N) is 1. The lowest BCUT2D eigenvalue weighted by Gasteiger charge is -2.22. The third-order valence-corrected chi connectivity index (χ3v) is 3.13. The number of piperidine rings is 1. The number of nitrogens with zero attached hydrogens (tertiary/aromatic N) is 1. The van der Waals surface area contributed by atoms with Crippen molar-refractivity contribution in [1.29, 1.82) is 5.26 Å². The largest absolute Gasteiger partial charge is 0.317 e. The predicted molar refractivity (Wildman–Crippen MR) is 60.4 cm³/mol. The summed E-state index contributed by atoms with van der Waals surface area (Å²) in [6, 6.07) is 6.75. The van der Waals surface area contributed by atoms with E-state index < -0.39 is 5.82 Å². The van der Waals surface area contributed by atoms with Crippen molar-refractivity contribution < 1.29 is 4.39 Å². The quantitative estimate of drug-likeness (QED) is 0.826. The highest BCUT2D eigenvalue weighted by Gasteiger charge is 2.14. The smallest absolute Gasteiger partial charge is 0.140 e. The first-order valence-electron chi connectivity index (χ1n) is 5.69. The Morgan fingerprint density at radius 2 is 2.12 bits per heavy atom. The van der Waals surface area contributed by atoms with E-state index in [1.165, 1.54) is 18.9 Å². The molecule has 1 heterocycles. The second-order valence-corrected chi connectivity index (χ2v) is 4.32. The van der Waals surface area contributed by atoms with E-state index in [1.54, 1.807) is 12.1 Å². The number of benzene rings is 1. The maximum absolute atomic E-state index is 13.1. The summed E-state index contributed by atoms with van der Waals surface area (Å²) in [5.41, 5.74) is 1.23. The topological polar surface area (TPSA) is 35.8 Å². The molecule has 2 nitrogen and oxygen atoms in total. The van der Waals surface area contributed by atoms with Gasteiger partial charge in [0.05, 0.1) is 5.56 Å². The Kier molecular flexibility index (Phi) is 3.53. The fraction of sp³-hybridized carbons (Fsp3) is 0.462. The van der Waals surface area contributed by atoms with E-state index in [1.807, 2.05) is 6.07 Å². The first-order chi connectivity index (χ1) is 7.79. The summed E-state index contributed by atoms with van der Waals surface area (Å²) in [6.45, 7) is 2.13. The van der Waals surface area contributed by atoms with Crippen LogP contribution in [0.4, 0.5) is 4.39 Å². The lowest BCUT2D eigenvalue weighted by atomic mass is 9.90. The molecule has 0 spiro atoms. The molecule has 0 unspecified atom stereocenters. The van der Waals surface area contributed by atoms with Crippen molar-refractivity contribution >= 4 is 0 Å². The fourth-order valence-electron chi connectivity index (χ4n) is 2.20. The Hall–Kier alpha value is -1.40. The Morgan fingerprint density at radius 1 is 1.38 bits per heavy atom. The molecule has 3 heteroatoms. The molecule has 1 N–H and O–H groups in total. The van der Waals surface area contributed by atoms with E-state index in [2.05, 4.69) is 5.32 Å². The molecule has 0 atom stereocenters. The molecule has 1 aliphatic heterocycles. The van der Waals surface area contributed by atoms with Crippen LogP contribution in [0.5, 0.6) is 0 Å². The standard InChI is InChI=1S/C13H15FN2/c14-13-2-1-11(8-12(13)9-15)7-10-3-5-16-6-4-10/h1-2,8,10,16H,3-7H2. The van der Waals surface area contributed by atoms with Gasteiger partial charge in [-0.05, 0) is 56.0 Å². The monoisotopic (exact) mass is 218 g/mol. The number of hydrogen-bond donors (Lipinski definition) is 1. The van der Waals surface area contributed by atoms with Crippen molar-refractivity contribution in [1.82, 2.24) is 5.32 Å². The van der Waals surface area contributed by atoms with Gasteiger partial charge >= 0.3 is 0 Å². The SMILES string of the molecule is N#Cc1cc(CC2CCNCC2)ccc1F. The third kappa shape index (κ3) is 2.59. The molecule has 0 amide bonds. The first-order valence-corrected chi connectivity index (χ1v) is 5.69. The second kappa shape index (κ2) is 5.09. The Bertz CT molecular complexity index is 403. The van der Waals surface area contributed by atoms with Gasteiger partial charge in [0, 0.05) is 0 Å². The highest BCUT2D eigenvalue weighted by Crippen LogP contribution is 2.19. The zero-order valence-electron chi connectivity index (χ0n) is 9.17. The van der Waals surface area contributed by atoms with Gasteiger partial charge in [-0.1, -0.05) is 6.07 Å². The van der Waals surface area contributed by atoms with Crippen LogP contribution in [0.3, 0.4) is 0 Å². The Morgan fingerprint density at radius 3 is 2.81 bits per heavy atom. The summed E-state index contributed by atoms with van der Waals surface area (Å²) in [7, 11) is 0. The number of rotatable bonds is 2. The first kappa shape index (κ1) is 11.1. The molecule has 1 saturated heterocycles. The van der Waals surface area contributed by atoms with Gasteiger partial charge in [-0.3, -0.25) is 0 Å². The summed E-state index contributed by atoms with van der Waals surface area (Å²) in [5, 5.41) is 12.1. The molecule has 16 heavy (non-hydrogen) atoms. The van der Waals surface area contributed by atoms with Gasteiger partial charge in [0.1, 0.15) is 11.9 Å². The molecule has 0 saturated carbocycles. The van der Waals surface area contributed by atoms with Crippen LogP contribution >= 0.6 is 0 Å². The minimum absolute atomic E-state index is 0.159. The molecular formula is C13H15FN2. The minimum Gasteiger partial charge on any atom is -0.317 e. The molecule has 1 aromatic rings. The van der Waals surface area contributed by atoms with Crippen LogP contribution < -0.4 is 5.32 Å². The third-order valence-electron chi connectivity index (χ3n) is 3.13. The maximum atomic E-state index is 13.1. The number of nitriles is 1. The zero-order chi connectivity index (χ0) is 11.4. The number of halogens is 1. The van der Waals surface area contributed by atoms with E-state index in [4.69, 9.17) is 5.26 Å². The van der Waals surface area contributed by atoms with Crippen LogP contribution in [0.15, 0.2) is 18.2 Å². The Labute approximate surface area is 95.1 Å². The molecular weight excluding hydrogens is 203 g/mol. The van der Waals surface area contributed by atoms with Gasteiger partial charge < -0.3 is 5.32 Å². The van der Waals surface area contributed by atoms with Gasteiger partial charge in [-0.15, -0.1) is 0 Å². The van der Waals surface area contributed by atoms with Gasteiger partial charge in [0.15, 0.2) is 0 Å². The van der Waals surface area contributed by atoms with Gasteiger partial charge in [0.25, 0.3) is 0 Å². The van der Waals surface area contributed by atoms with E-state index >= 15 is 0 Å². The fourth-order valence-corrected chi connectivity index (χ4v) is 2.20. The van der Waals surface area contributed by atoms with Crippen molar-refractivity contribution in [2.24, 2.45) is 5.92 Å². The second-order valence-electron chi connectivity index (χ2n) is 4.32. The van der Waals surface area contributed by atoms with Crippen LogP contribution in [0.1, 0.15) is 24.0 Å². The van der Waals surface area contributed by atoms with E-state index in [0.29, 0.717) is 5.92 Å². The van der Waals surface area contributed by atoms with E-state index in [9.17, 15) is 4.39 Å². The summed E-state index contributed by atoms with van der Waals surface area (Å²) in [6.07, 6.45) is 3.29. The van der Waals surface area contributed by atoms with Gasteiger partial charge in [-0.25, -0.2) is 4.39 Å². The molecule has 1 aromatic carbocycles. The summed E-state index contributed by atoms with van der Waals surface area (Å²) in [4.78, 5) is 0. The molecule has 0 bridgehead atoms. The molecule has 1 aliphatic rings. The zero-order valence-corrected chi connectivity index (χ0v) is 9.17. The van der Waals surface area contributed by atoms with Crippen LogP contribution in [0.25, 0.3) is 0 Å². The van der Waals surface area contributed by atoms with Crippen molar-refractivity contribution in [2.45, 2.75) is 19.3 Å². The van der Waals surface area contributed by atoms with Crippen molar-refractivity contribution in [3.63, 3.8) is 0 Å². The van der Waals surface area contributed by atoms with E-state index in [0.717, 1.165) is 25.1 Å². The van der Waals surface area contributed by atoms with E-state index in [-0.39, 0.29) is 5.56 Å². The summed E-state index contributed by atoms with van der Waals surface area (Å²) >= 11 is 0. The van der Waals surface area contributed by atoms with Crippen molar-refractivity contribution in [3.05, 3.63) is 35.1 Å². The minimum atomic E-state index is -0.420. The van der Waals surface area contributed by atoms with Crippen LogP contribution in [-0.2, 0) is 6.42 Å². The lowest BCUT2D eigenvalue weighted by Crippen LogP contribution is -2.28. The summed E-state index contributed by atoms with van der Waals surface area (Å²) < 4.78 is 13.1. The van der Waals surface area contributed by atoms with Crippen molar-refractivity contribution in [3.8, 4) is 6.07 Å². The van der Waals surface area contributed by atoms with Gasteiger partial charge in [0.2, 0.25) is 0 Å². The molecule has 0 radical (unpaired) electrons. The molecule has 2 rings (SSSR count). The predicted octanol–water partition coefficient (Wildman–Crippen LogP) is 2.24. The highest BCUT2D eigenvalue weighted by atomic mass is 19.1. The van der Waals surface area contributed by atoms with Crippen molar-refractivity contribution in [2.75, 3.05) is 13.1 Å². The molecule has 0 aliphatic carbocycles. The average Bonchev–Trinajstić information content (AvgIpc) is 2.33. The average molecular weight is 218 g/mol. The van der Waals surface area contributed by atoms with Gasteiger partial charge in [-0.2, -0.15) is 5.26 Å². The molecule has 0 aromatic heterocycles. The van der Waals surface area contributed by atoms with Crippen LogP contribution in [0.2, 0.25) is 0 Å². The lowest BCUT2D eigenvalue weighted by molar-refractivity contribution is 0.372.